The molecule has 0 atom stereocenters. The van der Waals surface area contributed by atoms with Crippen LogP contribution in [0.5, 0.6) is 0 Å². The van der Waals surface area contributed by atoms with Crippen LogP contribution < -0.4 is 0 Å². The molecule has 0 saturated carbocycles. The van der Waals surface area contributed by atoms with Gasteiger partial charge in [-0.15, -0.1) is 0 Å². The van der Waals surface area contributed by atoms with Crippen LogP contribution in [0.4, 0.5) is 0 Å². The monoisotopic (exact) mass is 502 g/mol. The van der Waals surface area contributed by atoms with Crippen molar-refractivity contribution in [2.75, 3.05) is 0 Å². The molecular weight excluding hydrogens is 476 g/mol. The van der Waals surface area contributed by atoms with Gasteiger partial charge in [0.15, 0.2) is 0 Å². The summed E-state index contributed by atoms with van der Waals surface area (Å²) in [4.78, 5) is 19.9. The van der Waals surface area contributed by atoms with Crippen LogP contribution in [-0.4, -0.2) is 49.5 Å². The molecule has 188 valence electrons. The van der Waals surface area contributed by atoms with Crippen molar-refractivity contribution in [3.05, 3.63) is 96.4 Å². The van der Waals surface area contributed by atoms with E-state index < -0.39 is 10.8 Å². The zero-order valence-corrected chi connectivity index (χ0v) is 21.5. The van der Waals surface area contributed by atoms with Crippen LogP contribution in [0.2, 0.25) is 0 Å². The number of nitrogens with zero attached hydrogens (tertiary/aromatic N) is 8. The van der Waals surface area contributed by atoms with Crippen LogP contribution in [-0.2, 0) is 10.8 Å². The SMILES string of the molecule is CC1(C)c2nc(n[nH]2)-c2cn(-c3ccccc3)c(n2)C(C)(C)c2nc(cn2-c2ccccc2)-c2n[nH]c1n2. The normalized spacial score (nSPS) is 15.3. The highest BCUT2D eigenvalue weighted by atomic mass is 15.3. The average molecular weight is 503 g/mol. The first-order valence-electron chi connectivity index (χ1n) is 12.5. The number of imidazole rings is 2. The minimum Gasteiger partial charge on any atom is -0.302 e. The highest BCUT2D eigenvalue weighted by Crippen LogP contribution is 2.37. The molecule has 10 nitrogen and oxygen atoms in total. The summed E-state index contributed by atoms with van der Waals surface area (Å²) in [7, 11) is 0. The first-order chi connectivity index (χ1) is 18.3. The molecule has 4 aromatic heterocycles. The quantitative estimate of drug-likeness (QED) is 0.357. The summed E-state index contributed by atoms with van der Waals surface area (Å²) in [5, 5.41) is 15.3. The van der Waals surface area contributed by atoms with Crippen LogP contribution in [0.3, 0.4) is 0 Å². The van der Waals surface area contributed by atoms with Gasteiger partial charge in [0, 0.05) is 23.8 Å². The highest BCUT2D eigenvalue weighted by molar-refractivity contribution is 5.55. The first kappa shape index (κ1) is 22.3. The summed E-state index contributed by atoms with van der Waals surface area (Å²) in [6, 6.07) is 20.3. The fourth-order valence-corrected chi connectivity index (χ4v) is 4.95. The fourth-order valence-electron chi connectivity index (χ4n) is 4.95. The molecule has 0 fully saturated rings. The lowest BCUT2D eigenvalue weighted by Gasteiger charge is -2.26. The minimum atomic E-state index is -0.635. The van der Waals surface area contributed by atoms with Gasteiger partial charge in [0.05, 0.1) is 10.8 Å². The minimum absolute atomic E-state index is 0.517. The third kappa shape index (κ3) is 3.26. The summed E-state index contributed by atoms with van der Waals surface area (Å²) >= 11 is 0. The predicted molar refractivity (Wildman–Crippen MR) is 142 cm³/mol. The lowest BCUT2D eigenvalue weighted by molar-refractivity contribution is 0.533. The van der Waals surface area contributed by atoms with Crippen molar-refractivity contribution in [2.45, 2.75) is 38.5 Å². The van der Waals surface area contributed by atoms with Crippen LogP contribution in [0.15, 0.2) is 73.1 Å². The fraction of sp³-hybridized carbons (Fsp3) is 0.214. The van der Waals surface area contributed by atoms with Crippen molar-refractivity contribution < 1.29 is 0 Å². The summed E-state index contributed by atoms with van der Waals surface area (Å²) < 4.78 is 4.20. The van der Waals surface area contributed by atoms with Gasteiger partial charge >= 0.3 is 0 Å². The number of hydrogen-bond acceptors (Lipinski definition) is 6. The third-order valence-electron chi connectivity index (χ3n) is 7.21. The van der Waals surface area contributed by atoms with E-state index in [-0.39, 0.29) is 0 Å². The molecule has 0 radical (unpaired) electrons. The maximum atomic E-state index is 5.13. The first-order valence-corrected chi connectivity index (χ1v) is 12.5. The molecule has 2 N–H and O–H groups in total. The lowest BCUT2D eigenvalue weighted by Crippen LogP contribution is -2.28. The molecule has 10 heteroatoms. The molecule has 7 rings (SSSR count). The van der Waals surface area contributed by atoms with E-state index in [9.17, 15) is 0 Å². The zero-order valence-electron chi connectivity index (χ0n) is 21.5. The van der Waals surface area contributed by atoms with Gasteiger partial charge in [-0.25, -0.2) is 19.9 Å². The Balaban J connectivity index is 1.56. The predicted octanol–water partition coefficient (Wildman–Crippen LogP) is 4.59. The number of aromatic amines is 2. The molecule has 0 aliphatic carbocycles. The molecule has 0 amide bonds. The van der Waals surface area contributed by atoms with Gasteiger partial charge < -0.3 is 9.13 Å². The van der Waals surface area contributed by atoms with E-state index in [1.54, 1.807) is 0 Å². The van der Waals surface area contributed by atoms with Gasteiger partial charge in [-0.2, -0.15) is 10.2 Å². The Morgan fingerprint density at radius 3 is 1.39 bits per heavy atom. The molecule has 1 aliphatic rings. The second kappa shape index (κ2) is 7.82. The number of H-pyrrole nitrogens is 2. The van der Waals surface area contributed by atoms with Crippen LogP contribution in [0, 0.1) is 0 Å². The highest BCUT2D eigenvalue weighted by Gasteiger charge is 2.38. The molecule has 0 spiro atoms. The Labute approximate surface area is 218 Å². The van der Waals surface area contributed by atoms with Gasteiger partial charge in [-0.05, 0) is 52.0 Å². The zero-order chi connectivity index (χ0) is 26.1. The Bertz CT molecular complexity index is 1640. The molecule has 2 aromatic carbocycles. The van der Waals surface area contributed by atoms with Crippen molar-refractivity contribution >= 4 is 0 Å². The molecule has 38 heavy (non-hydrogen) atoms. The molecular formula is C28H26N10. The summed E-state index contributed by atoms with van der Waals surface area (Å²) in [5.41, 5.74) is 2.09. The van der Waals surface area contributed by atoms with Crippen molar-refractivity contribution in [2.24, 2.45) is 0 Å². The maximum Gasteiger partial charge on any atom is 0.201 e. The van der Waals surface area contributed by atoms with Crippen LogP contribution in [0.1, 0.15) is 51.0 Å². The standard InChI is InChI=1S/C28H26N10/c1-27(2)23-31-21(33-35-23)19-15-37(17-11-7-5-8-12-17)25(29-19)28(3,4)26-30-20(22-32-24(27)36-34-22)16-38(26)18-13-9-6-10-14-18/h5-16H,1-4H3,(H,31,33,35)(H,32,34,36). The third-order valence-corrected chi connectivity index (χ3v) is 7.21. The van der Waals surface area contributed by atoms with Crippen molar-refractivity contribution in [1.29, 1.82) is 0 Å². The Morgan fingerprint density at radius 2 is 0.974 bits per heavy atom. The average Bonchev–Trinajstić information content (AvgIpc) is 3.73. The molecule has 1 aliphatic heterocycles. The number of aromatic nitrogens is 10. The summed E-state index contributed by atoms with van der Waals surface area (Å²) in [6.45, 7) is 8.31. The van der Waals surface area contributed by atoms with Crippen molar-refractivity contribution in [1.82, 2.24) is 49.5 Å². The Kier molecular flexibility index (Phi) is 4.60. The maximum absolute atomic E-state index is 5.13. The number of nitrogens with one attached hydrogen (secondary N) is 2. The number of rotatable bonds is 2. The smallest absolute Gasteiger partial charge is 0.201 e. The molecule has 6 aromatic rings. The van der Waals surface area contributed by atoms with E-state index in [1.807, 2.05) is 62.6 Å². The van der Waals surface area contributed by atoms with Gasteiger partial charge in [0.25, 0.3) is 0 Å². The van der Waals surface area contributed by atoms with Crippen molar-refractivity contribution in [3.8, 4) is 34.4 Å². The molecule has 0 unspecified atom stereocenters. The summed E-state index contributed by atoms with van der Waals surface area (Å²) in [6.07, 6.45) is 3.99. The molecule has 5 heterocycles. The Hall–Kier alpha value is -4.86. The van der Waals surface area contributed by atoms with E-state index in [4.69, 9.17) is 19.9 Å². The summed E-state index contributed by atoms with van der Waals surface area (Å²) in [5.74, 6) is 3.99. The number of para-hydroxylation sites is 2. The number of hydrogen-bond donors (Lipinski definition) is 2. The Morgan fingerprint density at radius 1 is 0.553 bits per heavy atom. The van der Waals surface area contributed by atoms with E-state index in [2.05, 4.69) is 67.6 Å². The van der Waals surface area contributed by atoms with E-state index in [0.29, 0.717) is 34.7 Å². The van der Waals surface area contributed by atoms with E-state index in [0.717, 1.165) is 23.0 Å². The topological polar surface area (TPSA) is 119 Å². The second-order valence-corrected chi connectivity index (χ2v) is 10.6. The van der Waals surface area contributed by atoms with E-state index in [1.165, 1.54) is 0 Å². The van der Waals surface area contributed by atoms with Crippen LogP contribution >= 0.6 is 0 Å². The number of benzene rings is 2. The van der Waals surface area contributed by atoms with Gasteiger partial charge in [-0.3, -0.25) is 10.2 Å². The van der Waals surface area contributed by atoms with Crippen molar-refractivity contribution in [3.63, 3.8) is 0 Å². The second-order valence-electron chi connectivity index (χ2n) is 10.6. The lowest BCUT2D eigenvalue weighted by atomic mass is 9.90. The largest absolute Gasteiger partial charge is 0.302 e. The van der Waals surface area contributed by atoms with Crippen LogP contribution in [0.25, 0.3) is 34.4 Å². The van der Waals surface area contributed by atoms with Gasteiger partial charge in [0.1, 0.15) is 34.7 Å². The van der Waals surface area contributed by atoms with Gasteiger partial charge in [0.2, 0.25) is 11.6 Å². The van der Waals surface area contributed by atoms with Gasteiger partial charge in [-0.1, -0.05) is 36.4 Å². The molecule has 0 saturated heterocycles. The molecule has 8 bridgehead atoms. The number of fused-ring (bicyclic) bond motifs is 10. The van der Waals surface area contributed by atoms with E-state index >= 15 is 0 Å².